The second-order valence-electron chi connectivity index (χ2n) is 8.66. The summed E-state index contributed by atoms with van der Waals surface area (Å²) in [5.74, 6) is 1.30. The highest BCUT2D eigenvalue weighted by molar-refractivity contribution is 5.84. The van der Waals surface area contributed by atoms with Gasteiger partial charge in [-0.25, -0.2) is 4.98 Å². The Kier molecular flexibility index (Phi) is 6.44. The molecule has 1 fully saturated rings. The quantitative estimate of drug-likeness (QED) is 0.453. The molecule has 0 amide bonds. The minimum Gasteiger partial charge on any atom is -0.507 e. The number of fused-ring (bicyclic) bond motifs is 2. The maximum Gasteiger partial charge on any atom is 0.297 e. The van der Waals surface area contributed by atoms with Crippen LogP contribution in [0.4, 0.5) is 6.01 Å². The number of aromatic hydroxyl groups is 1. The fourth-order valence-corrected chi connectivity index (χ4v) is 4.84. The van der Waals surface area contributed by atoms with Gasteiger partial charge in [-0.2, -0.15) is 4.98 Å². The molecule has 10 nitrogen and oxygen atoms in total. The third-order valence-corrected chi connectivity index (χ3v) is 6.41. The molecule has 0 saturated carbocycles. The van der Waals surface area contributed by atoms with E-state index >= 15 is 0 Å². The number of nitrogens with one attached hydrogen (secondary N) is 1. The van der Waals surface area contributed by atoms with E-state index in [2.05, 4.69) is 15.2 Å². The molecule has 0 radical (unpaired) electrons. The van der Waals surface area contributed by atoms with Crippen LogP contribution < -0.4 is 14.8 Å². The van der Waals surface area contributed by atoms with Crippen LogP contribution in [0.2, 0.25) is 0 Å². The van der Waals surface area contributed by atoms with Crippen LogP contribution in [-0.2, 0) is 17.8 Å². The van der Waals surface area contributed by atoms with Crippen molar-refractivity contribution in [3.8, 4) is 28.5 Å². The molecule has 1 atom stereocenters. The lowest BCUT2D eigenvalue weighted by Crippen LogP contribution is -2.43. The molecule has 4 heterocycles. The van der Waals surface area contributed by atoms with Crippen LogP contribution in [0.25, 0.3) is 22.5 Å². The summed E-state index contributed by atoms with van der Waals surface area (Å²) in [5.41, 5.74) is 3.46. The number of rotatable bonds is 8. The minimum absolute atomic E-state index is 0.143. The Labute approximate surface area is 197 Å². The molecule has 34 heavy (non-hydrogen) atoms. The highest BCUT2D eigenvalue weighted by atomic mass is 16.5. The fraction of sp³-hybridized carbons (Fsp3) is 0.500. The summed E-state index contributed by atoms with van der Waals surface area (Å²) in [6.07, 6.45) is 2.66. The molecular formula is C24H30N4O6. The molecule has 182 valence electrons. The number of phenolic OH excluding ortho intramolecular Hbond substituents is 1. The van der Waals surface area contributed by atoms with Crippen molar-refractivity contribution in [3.63, 3.8) is 0 Å². The van der Waals surface area contributed by atoms with Crippen LogP contribution in [0.1, 0.15) is 24.0 Å². The summed E-state index contributed by atoms with van der Waals surface area (Å²) in [6.45, 7) is 3.41. The van der Waals surface area contributed by atoms with Gasteiger partial charge in [0.25, 0.3) is 6.01 Å². The minimum atomic E-state index is 0.143. The van der Waals surface area contributed by atoms with Crippen LogP contribution in [0.3, 0.4) is 0 Å². The van der Waals surface area contributed by atoms with Gasteiger partial charge in [-0.15, -0.1) is 0 Å². The second-order valence-corrected chi connectivity index (χ2v) is 8.66. The highest BCUT2D eigenvalue weighted by Crippen LogP contribution is 2.44. The van der Waals surface area contributed by atoms with Crippen molar-refractivity contribution >= 4 is 17.2 Å². The van der Waals surface area contributed by atoms with Crippen molar-refractivity contribution in [3.05, 3.63) is 23.3 Å². The number of aromatic nitrogens is 2. The topological polar surface area (TPSA) is 122 Å². The van der Waals surface area contributed by atoms with Crippen molar-refractivity contribution in [2.75, 3.05) is 52.4 Å². The normalized spacial score (nSPS) is 18.1. The number of oxazole rings is 1. The lowest BCUT2D eigenvalue weighted by molar-refractivity contribution is 0.166. The number of benzene rings is 1. The first-order valence-electron chi connectivity index (χ1n) is 11.6. The number of aliphatic hydroxyl groups is 1. The zero-order valence-electron chi connectivity index (χ0n) is 19.5. The van der Waals surface area contributed by atoms with E-state index in [9.17, 15) is 10.2 Å². The summed E-state index contributed by atoms with van der Waals surface area (Å²) in [5, 5.41) is 23.7. The molecule has 0 aliphatic carbocycles. The first-order chi connectivity index (χ1) is 16.6. The molecule has 0 bridgehead atoms. The van der Waals surface area contributed by atoms with Gasteiger partial charge in [-0.3, -0.25) is 4.90 Å². The van der Waals surface area contributed by atoms with Gasteiger partial charge in [0.2, 0.25) is 11.2 Å². The number of nitrogens with zero attached hydrogens (tertiary/aromatic N) is 3. The SMILES string of the molecule is COCc1cc2c(c(O)c1-c1cc(OC)c3oc(N[C@@H]4CCCN(CCO)C4)nc3n1)CCO2. The molecule has 0 spiro atoms. The zero-order chi connectivity index (χ0) is 23.7. The first kappa shape index (κ1) is 22.7. The molecule has 3 aromatic rings. The summed E-state index contributed by atoms with van der Waals surface area (Å²) >= 11 is 0. The van der Waals surface area contributed by atoms with Crippen molar-refractivity contribution in [1.29, 1.82) is 0 Å². The number of ether oxygens (including phenoxy) is 3. The summed E-state index contributed by atoms with van der Waals surface area (Å²) in [6, 6.07) is 4.18. The largest absolute Gasteiger partial charge is 0.507 e. The van der Waals surface area contributed by atoms with Gasteiger partial charge >= 0.3 is 0 Å². The number of β-amino-alcohol motifs (C(OH)–C–C–N with tert-alkyl or cyclic N) is 1. The molecule has 10 heteroatoms. The summed E-state index contributed by atoms with van der Waals surface area (Å²) in [4.78, 5) is 11.5. The van der Waals surface area contributed by atoms with Crippen molar-refractivity contribution in [2.24, 2.45) is 0 Å². The average Bonchev–Trinajstić information content (AvgIpc) is 3.46. The number of hydrogen-bond donors (Lipinski definition) is 3. The molecular weight excluding hydrogens is 440 g/mol. The Balaban J connectivity index is 1.51. The predicted molar refractivity (Wildman–Crippen MR) is 126 cm³/mol. The van der Waals surface area contributed by atoms with E-state index in [0.717, 1.165) is 37.1 Å². The molecule has 5 rings (SSSR count). The van der Waals surface area contributed by atoms with Gasteiger partial charge in [0.1, 0.15) is 11.5 Å². The van der Waals surface area contributed by atoms with Gasteiger partial charge in [-0.05, 0) is 31.0 Å². The predicted octanol–water partition coefficient (Wildman–Crippen LogP) is 2.55. The Morgan fingerprint density at radius 1 is 1.26 bits per heavy atom. The number of piperidine rings is 1. The van der Waals surface area contributed by atoms with E-state index in [1.54, 1.807) is 20.3 Å². The standard InChI is InChI=1S/C24H30N4O6/c1-31-13-14-10-18-16(5-9-33-18)21(30)20(14)17-11-19(32-2)22-23(26-17)27-24(34-22)25-15-4-3-6-28(12-15)7-8-29/h10-11,15,29-30H,3-9,12-13H2,1-2H3,(H,25,26,27)/t15-/m1/s1. The number of likely N-dealkylation sites (tertiary alicyclic amines) is 1. The summed E-state index contributed by atoms with van der Waals surface area (Å²) < 4.78 is 22.6. The smallest absolute Gasteiger partial charge is 0.297 e. The van der Waals surface area contributed by atoms with Gasteiger partial charge in [0, 0.05) is 49.9 Å². The van der Waals surface area contributed by atoms with Crippen molar-refractivity contribution in [2.45, 2.75) is 31.9 Å². The molecule has 2 aromatic heterocycles. The van der Waals surface area contributed by atoms with E-state index < -0.39 is 0 Å². The Morgan fingerprint density at radius 2 is 2.15 bits per heavy atom. The maximum absolute atomic E-state index is 11.1. The van der Waals surface area contributed by atoms with Crippen molar-refractivity contribution < 1.29 is 28.8 Å². The third kappa shape index (κ3) is 4.24. The Morgan fingerprint density at radius 3 is 2.94 bits per heavy atom. The lowest BCUT2D eigenvalue weighted by Gasteiger charge is -2.32. The van der Waals surface area contributed by atoms with Crippen molar-refractivity contribution in [1.82, 2.24) is 14.9 Å². The zero-order valence-corrected chi connectivity index (χ0v) is 19.5. The highest BCUT2D eigenvalue weighted by Gasteiger charge is 2.26. The van der Waals surface area contributed by atoms with Gasteiger partial charge in [0.05, 0.1) is 32.6 Å². The molecule has 3 N–H and O–H groups in total. The Bertz CT molecular complexity index is 1180. The van der Waals surface area contributed by atoms with E-state index in [0.29, 0.717) is 66.2 Å². The van der Waals surface area contributed by atoms with E-state index in [4.69, 9.17) is 23.6 Å². The number of pyridine rings is 1. The van der Waals surface area contributed by atoms with Crippen LogP contribution in [0.5, 0.6) is 17.2 Å². The summed E-state index contributed by atoms with van der Waals surface area (Å²) in [7, 11) is 3.17. The van der Waals surface area contributed by atoms with E-state index in [-0.39, 0.29) is 18.4 Å². The van der Waals surface area contributed by atoms with Gasteiger partial charge in [-0.1, -0.05) is 0 Å². The van der Waals surface area contributed by atoms with Crippen LogP contribution >= 0.6 is 0 Å². The fourth-order valence-electron chi connectivity index (χ4n) is 4.84. The maximum atomic E-state index is 11.1. The Hall–Kier alpha value is -3.08. The monoisotopic (exact) mass is 470 g/mol. The van der Waals surface area contributed by atoms with E-state index in [1.165, 1.54) is 0 Å². The molecule has 2 aliphatic heterocycles. The van der Waals surface area contributed by atoms with Crippen LogP contribution in [-0.4, -0.2) is 78.2 Å². The average molecular weight is 471 g/mol. The molecule has 0 unspecified atom stereocenters. The third-order valence-electron chi connectivity index (χ3n) is 6.41. The number of aliphatic hydroxyl groups excluding tert-OH is 1. The number of hydrogen-bond acceptors (Lipinski definition) is 10. The lowest BCUT2D eigenvalue weighted by atomic mass is 9.97. The number of methoxy groups -OCH3 is 2. The molecule has 2 aliphatic rings. The second kappa shape index (κ2) is 9.65. The van der Waals surface area contributed by atoms with Crippen LogP contribution in [0, 0.1) is 0 Å². The molecule has 1 aromatic carbocycles. The van der Waals surface area contributed by atoms with Gasteiger partial charge in [0.15, 0.2) is 5.75 Å². The van der Waals surface area contributed by atoms with E-state index in [1.807, 2.05) is 6.07 Å². The van der Waals surface area contributed by atoms with Gasteiger partial charge < -0.3 is 34.2 Å². The number of phenols is 1. The van der Waals surface area contributed by atoms with Crippen LogP contribution in [0.15, 0.2) is 16.5 Å². The first-order valence-corrected chi connectivity index (χ1v) is 11.6. The number of anilines is 1. The molecule has 1 saturated heterocycles.